The molecule has 0 aliphatic heterocycles. The van der Waals surface area contributed by atoms with Crippen molar-refractivity contribution < 1.29 is 4.79 Å². The Bertz CT molecular complexity index is 404. The molecule has 1 fully saturated rings. The molecule has 0 radical (unpaired) electrons. The van der Waals surface area contributed by atoms with Gasteiger partial charge in [-0.25, -0.2) is 0 Å². The Hall–Kier alpha value is -1.09. The Balaban J connectivity index is 2.11. The molecule has 1 heterocycles. The van der Waals surface area contributed by atoms with E-state index in [1.165, 1.54) is 12.8 Å². The molecule has 4 heteroatoms. The molecule has 0 saturated heterocycles. The Morgan fingerprint density at radius 2 is 2.35 bits per heavy atom. The van der Waals surface area contributed by atoms with E-state index in [1.54, 1.807) is 18.5 Å². The van der Waals surface area contributed by atoms with Crippen molar-refractivity contribution in [3.8, 4) is 0 Å². The second-order valence-electron chi connectivity index (χ2n) is 4.55. The summed E-state index contributed by atoms with van der Waals surface area (Å²) in [4.78, 5) is 18.2. The van der Waals surface area contributed by atoms with Gasteiger partial charge in [0.2, 0.25) is 0 Å². The van der Waals surface area contributed by atoms with E-state index in [2.05, 4.69) is 11.9 Å². The summed E-state index contributed by atoms with van der Waals surface area (Å²) in [6.07, 6.45) is 6.61. The van der Waals surface area contributed by atoms with Crippen molar-refractivity contribution in [3.63, 3.8) is 0 Å². The van der Waals surface area contributed by atoms with Crippen molar-refractivity contribution in [2.45, 2.75) is 26.2 Å². The van der Waals surface area contributed by atoms with E-state index in [0.717, 1.165) is 19.5 Å². The molecule has 3 nitrogen and oxygen atoms in total. The maximum Gasteiger partial charge on any atom is 0.256 e. The Labute approximate surface area is 107 Å². The van der Waals surface area contributed by atoms with Gasteiger partial charge < -0.3 is 4.90 Å². The number of rotatable bonds is 5. The molecule has 0 N–H and O–H groups in total. The first-order valence-electron chi connectivity index (χ1n) is 6.11. The summed E-state index contributed by atoms with van der Waals surface area (Å²) in [7, 11) is 0. The van der Waals surface area contributed by atoms with E-state index < -0.39 is 0 Å². The van der Waals surface area contributed by atoms with Gasteiger partial charge in [0.1, 0.15) is 0 Å². The van der Waals surface area contributed by atoms with Gasteiger partial charge in [0.05, 0.1) is 10.6 Å². The fourth-order valence-corrected chi connectivity index (χ4v) is 2.05. The summed E-state index contributed by atoms with van der Waals surface area (Å²) in [6.45, 7) is 3.73. The van der Waals surface area contributed by atoms with E-state index in [0.29, 0.717) is 16.5 Å². The predicted octanol–water partition coefficient (Wildman–Crippen LogP) is 3.00. The summed E-state index contributed by atoms with van der Waals surface area (Å²) in [5.74, 6) is 0.706. The molecule has 1 saturated carbocycles. The first kappa shape index (κ1) is 12.4. The molecule has 92 valence electrons. The smallest absolute Gasteiger partial charge is 0.256 e. The summed E-state index contributed by atoms with van der Waals surface area (Å²) >= 11 is 6.03. The third-order valence-corrected chi connectivity index (χ3v) is 3.28. The van der Waals surface area contributed by atoms with Gasteiger partial charge in [0, 0.05) is 25.5 Å². The van der Waals surface area contributed by atoms with Crippen LogP contribution in [0.4, 0.5) is 0 Å². The van der Waals surface area contributed by atoms with Crippen LogP contribution in [-0.4, -0.2) is 28.9 Å². The van der Waals surface area contributed by atoms with Gasteiger partial charge in [-0.05, 0) is 31.2 Å². The van der Waals surface area contributed by atoms with Crippen LogP contribution in [-0.2, 0) is 0 Å². The number of amides is 1. The Morgan fingerprint density at radius 3 is 2.94 bits per heavy atom. The largest absolute Gasteiger partial charge is 0.338 e. The van der Waals surface area contributed by atoms with Crippen LogP contribution >= 0.6 is 11.6 Å². The monoisotopic (exact) mass is 252 g/mol. The van der Waals surface area contributed by atoms with Gasteiger partial charge in [0.25, 0.3) is 5.91 Å². The third kappa shape index (κ3) is 3.19. The van der Waals surface area contributed by atoms with Crippen LogP contribution in [0.3, 0.4) is 0 Å². The Morgan fingerprint density at radius 1 is 1.59 bits per heavy atom. The van der Waals surface area contributed by atoms with Crippen LogP contribution in [0.1, 0.15) is 36.5 Å². The number of halogens is 1. The SMILES string of the molecule is CCCN(CC1CC1)C(=O)c1cnccc1Cl. The van der Waals surface area contributed by atoms with E-state index >= 15 is 0 Å². The van der Waals surface area contributed by atoms with Crippen LogP contribution in [0.15, 0.2) is 18.5 Å². The fraction of sp³-hybridized carbons (Fsp3) is 0.538. The van der Waals surface area contributed by atoms with E-state index in [9.17, 15) is 4.79 Å². The molecular formula is C13H17ClN2O. The number of hydrogen-bond donors (Lipinski definition) is 0. The Kier molecular flexibility index (Phi) is 4.00. The lowest BCUT2D eigenvalue weighted by molar-refractivity contribution is 0.0747. The molecule has 0 bridgehead atoms. The summed E-state index contributed by atoms with van der Waals surface area (Å²) in [5.41, 5.74) is 0.517. The minimum absolute atomic E-state index is 0.0110. The van der Waals surface area contributed by atoms with E-state index in [1.807, 2.05) is 4.90 Å². The van der Waals surface area contributed by atoms with Crippen molar-refractivity contribution in [1.29, 1.82) is 0 Å². The summed E-state index contributed by atoms with van der Waals surface area (Å²) < 4.78 is 0. The second-order valence-corrected chi connectivity index (χ2v) is 4.96. The number of hydrogen-bond acceptors (Lipinski definition) is 2. The lowest BCUT2D eigenvalue weighted by atomic mass is 10.2. The number of aromatic nitrogens is 1. The fourth-order valence-electron chi connectivity index (χ4n) is 1.86. The lowest BCUT2D eigenvalue weighted by Crippen LogP contribution is -2.33. The molecule has 17 heavy (non-hydrogen) atoms. The average molecular weight is 253 g/mol. The minimum atomic E-state index is 0.0110. The number of carbonyl (C=O) groups excluding carboxylic acids is 1. The molecular weight excluding hydrogens is 236 g/mol. The highest BCUT2D eigenvalue weighted by molar-refractivity contribution is 6.33. The van der Waals surface area contributed by atoms with Crippen LogP contribution < -0.4 is 0 Å². The maximum absolute atomic E-state index is 12.3. The first-order chi connectivity index (χ1) is 8.22. The third-order valence-electron chi connectivity index (χ3n) is 2.95. The first-order valence-corrected chi connectivity index (χ1v) is 6.49. The zero-order valence-corrected chi connectivity index (χ0v) is 10.8. The maximum atomic E-state index is 12.3. The van der Waals surface area contributed by atoms with Gasteiger partial charge >= 0.3 is 0 Å². The zero-order chi connectivity index (χ0) is 12.3. The van der Waals surface area contributed by atoms with Crippen LogP contribution in [0.25, 0.3) is 0 Å². The van der Waals surface area contributed by atoms with Crippen molar-refractivity contribution >= 4 is 17.5 Å². The molecule has 1 aromatic rings. The van der Waals surface area contributed by atoms with Crippen molar-refractivity contribution in [2.75, 3.05) is 13.1 Å². The quantitative estimate of drug-likeness (QED) is 0.807. The molecule has 0 spiro atoms. The number of pyridine rings is 1. The van der Waals surface area contributed by atoms with Crippen LogP contribution in [0.5, 0.6) is 0 Å². The zero-order valence-electron chi connectivity index (χ0n) is 10.0. The van der Waals surface area contributed by atoms with Gasteiger partial charge in [0.15, 0.2) is 0 Å². The highest BCUT2D eigenvalue weighted by atomic mass is 35.5. The number of carbonyl (C=O) groups is 1. The highest BCUT2D eigenvalue weighted by Crippen LogP contribution is 2.30. The number of nitrogens with zero attached hydrogens (tertiary/aromatic N) is 2. The summed E-state index contributed by atoms with van der Waals surface area (Å²) in [5, 5.41) is 0.488. The lowest BCUT2D eigenvalue weighted by Gasteiger charge is -2.22. The normalized spacial score (nSPS) is 14.7. The van der Waals surface area contributed by atoms with Gasteiger partial charge in [-0.1, -0.05) is 18.5 Å². The highest BCUT2D eigenvalue weighted by Gasteiger charge is 2.27. The van der Waals surface area contributed by atoms with Crippen LogP contribution in [0, 0.1) is 5.92 Å². The van der Waals surface area contributed by atoms with Crippen molar-refractivity contribution in [1.82, 2.24) is 9.88 Å². The molecule has 2 rings (SSSR count). The van der Waals surface area contributed by atoms with E-state index in [4.69, 9.17) is 11.6 Å². The molecule has 0 atom stereocenters. The molecule has 1 aliphatic carbocycles. The van der Waals surface area contributed by atoms with Gasteiger partial charge in [-0.15, -0.1) is 0 Å². The van der Waals surface area contributed by atoms with Crippen molar-refractivity contribution in [3.05, 3.63) is 29.0 Å². The minimum Gasteiger partial charge on any atom is -0.338 e. The average Bonchev–Trinajstić information content (AvgIpc) is 3.12. The van der Waals surface area contributed by atoms with Crippen molar-refractivity contribution in [2.24, 2.45) is 5.92 Å². The standard InChI is InChI=1S/C13H17ClN2O/c1-2-7-16(9-10-3-4-10)13(17)11-8-15-6-5-12(11)14/h5-6,8,10H,2-4,7,9H2,1H3. The molecule has 1 aromatic heterocycles. The molecule has 1 amide bonds. The van der Waals surface area contributed by atoms with Gasteiger partial charge in [-0.2, -0.15) is 0 Å². The summed E-state index contributed by atoms with van der Waals surface area (Å²) in [6, 6.07) is 1.66. The van der Waals surface area contributed by atoms with Gasteiger partial charge in [-0.3, -0.25) is 9.78 Å². The predicted molar refractivity (Wildman–Crippen MR) is 68.2 cm³/mol. The molecule has 0 unspecified atom stereocenters. The molecule has 1 aliphatic rings. The van der Waals surface area contributed by atoms with Crippen LogP contribution in [0.2, 0.25) is 5.02 Å². The van der Waals surface area contributed by atoms with E-state index in [-0.39, 0.29) is 5.91 Å². The second kappa shape index (κ2) is 5.50. The topological polar surface area (TPSA) is 33.2 Å². The molecule has 0 aromatic carbocycles.